The number of carbonyl (C=O) groups is 1. The van der Waals surface area contributed by atoms with Gasteiger partial charge < -0.3 is 24.5 Å². The zero-order valence-corrected chi connectivity index (χ0v) is 13.5. The first-order valence-electron chi connectivity index (χ1n) is 7.26. The van der Waals surface area contributed by atoms with Gasteiger partial charge in [0.2, 0.25) is 11.7 Å². The van der Waals surface area contributed by atoms with E-state index in [-0.39, 0.29) is 23.7 Å². The molecule has 0 bridgehead atoms. The summed E-state index contributed by atoms with van der Waals surface area (Å²) in [6.45, 7) is 0. The van der Waals surface area contributed by atoms with Crippen LogP contribution >= 0.6 is 0 Å². The summed E-state index contributed by atoms with van der Waals surface area (Å²) >= 11 is 0. The van der Waals surface area contributed by atoms with Crippen molar-refractivity contribution in [3.63, 3.8) is 0 Å². The number of fused-ring (bicyclic) bond motifs is 1. The molecule has 1 unspecified atom stereocenters. The smallest absolute Gasteiger partial charge is 0.256 e. The van der Waals surface area contributed by atoms with Crippen molar-refractivity contribution in [3.8, 4) is 17.2 Å². The van der Waals surface area contributed by atoms with Gasteiger partial charge in [-0.1, -0.05) is 0 Å². The Kier molecular flexibility index (Phi) is 4.11. The van der Waals surface area contributed by atoms with E-state index in [9.17, 15) is 9.59 Å². The van der Waals surface area contributed by atoms with Crippen molar-refractivity contribution in [2.75, 3.05) is 26.6 Å². The minimum atomic E-state index is -0.458. The van der Waals surface area contributed by atoms with Crippen molar-refractivity contribution in [2.24, 2.45) is 0 Å². The number of nitrogens with one attached hydrogen (secondary N) is 2. The normalized spacial score (nSPS) is 16.1. The predicted molar refractivity (Wildman–Crippen MR) is 86.0 cm³/mol. The molecule has 3 rings (SSSR count). The molecule has 1 aromatic heterocycles. The third-order valence-corrected chi connectivity index (χ3v) is 3.97. The Hall–Kier alpha value is -3.03. The van der Waals surface area contributed by atoms with Crippen LogP contribution in [0.4, 0.5) is 5.82 Å². The van der Waals surface area contributed by atoms with Gasteiger partial charge in [-0.25, -0.2) is 4.98 Å². The lowest BCUT2D eigenvalue weighted by atomic mass is 9.86. The highest BCUT2D eigenvalue weighted by atomic mass is 16.5. The number of rotatable bonds is 4. The van der Waals surface area contributed by atoms with Crippen LogP contribution in [0.1, 0.15) is 23.5 Å². The highest BCUT2D eigenvalue weighted by molar-refractivity contribution is 5.94. The summed E-state index contributed by atoms with van der Waals surface area (Å²) in [7, 11) is 4.53. The third kappa shape index (κ3) is 2.55. The second-order valence-electron chi connectivity index (χ2n) is 5.26. The molecule has 0 aliphatic carbocycles. The van der Waals surface area contributed by atoms with Crippen LogP contribution in [0.5, 0.6) is 17.2 Å². The zero-order valence-electron chi connectivity index (χ0n) is 13.5. The lowest BCUT2D eigenvalue weighted by Crippen LogP contribution is -2.30. The van der Waals surface area contributed by atoms with Crippen molar-refractivity contribution in [1.29, 1.82) is 0 Å². The van der Waals surface area contributed by atoms with Crippen LogP contribution in [0.2, 0.25) is 0 Å². The molecule has 0 saturated heterocycles. The van der Waals surface area contributed by atoms with E-state index in [1.165, 1.54) is 27.7 Å². The second-order valence-corrected chi connectivity index (χ2v) is 5.26. The molecule has 1 aromatic carbocycles. The summed E-state index contributed by atoms with van der Waals surface area (Å²) < 4.78 is 16.0. The van der Waals surface area contributed by atoms with Gasteiger partial charge in [0.25, 0.3) is 5.56 Å². The number of aromatic nitrogens is 2. The third-order valence-electron chi connectivity index (χ3n) is 3.97. The molecule has 0 saturated carbocycles. The van der Waals surface area contributed by atoms with Crippen LogP contribution in [0.3, 0.4) is 0 Å². The van der Waals surface area contributed by atoms with E-state index in [1.54, 1.807) is 12.1 Å². The first-order chi connectivity index (χ1) is 11.6. The molecule has 2 aromatic rings. The summed E-state index contributed by atoms with van der Waals surface area (Å²) in [6, 6.07) is 3.47. The fourth-order valence-corrected chi connectivity index (χ4v) is 2.89. The number of benzene rings is 1. The van der Waals surface area contributed by atoms with Crippen LogP contribution in [-0.4, -0.2) is 37.2 Å². The Labute approximate surface area is 137 Å². The fourth-order valence-electron chi connectivity index (χ4n) is 2.89. The summed E-state index contributed by atoms with van der Waals surface area (Å²) in [6.07, 6.45) is 1.39. The van der Waals surface area contributed by atoms with Crippen molar-refractivity contribution in [1.82, 2.24) is 9.97 Å². The van der Waals surface area contributed by atoms with Crippen molar-refractivity contribution < 1.29 is 19.0 Å². The van der Waals surface area contributed by atoms with E-state index >= 15 is 0 Å². The average Bonchev–Trinajstić information content (AvgIpc) is 2.59. The predicted octanol–water partition coefficient (Wildman–Crippen LogP) is 1.27. The van der Waals surface area contributed by atoms with Gasteiger partial charge in [-0.05, 0) is 17.7 Å². The number of methoxy groups -OCH3 is 3. The van der Waals surface area contributed by atoms with Gasteiger partial charge in [0, 0.05) is 12.3 Å². The minimum absolute atomic E-state index is 0.125. The number of anilines is 1. The number of H-pyrrole nitrogens is 1. The Morgan fingerprint density at radius 3 is 2.33 bits per heavy atom. The number of aromatic amines is 1. The van der Waals surface area contributed by atoms with E-state index in [1.807, 2.05) is 0 Å². The van der Waals surface area contributed by atoms with E-state index in [2.05, 4.69) is 15.3 Å². The lowest BCUT2D eigenvalue weighted by molar-refractivity contribution is -0.116. The molecule has 0 fully saturated rings. The fraction of sp³-hybridized carbons (Fsp3) is 0.312. The van der Waals surface area contributed by atoms with Gasteiger partial charge >= 0.3 is 0 Å². The summed E-state index contributed by atoms with van der Waals surface area (Å²) in [5, 5.41) is 2.62. The zero-order chi connectivity index (χ0) is 17.3. The average molecular weight is 331 g/mol. The summed E-state index contributed by atoms with van der Waals surface area (Å²) in [5.41, 5.74) is 0.823. The SMILES string of the molecule is COc1cc(C2CC(=O)Nc3nc[nH]c(=O)c32)cc(OC)c1OC. The Morgan fingerprint density at radius 1 is 1.08 bits per heavy atom. The van der Waals surface area contributed by atoms with E-state index in [4.69, 9.17) is 14.2 Å². The number of hydrogen-bond acceptors (Lipinski definition) is 6. The number of carbonyl (C=O) groups excluding carboxylic acids is 1. The molecule has 2 heterocycles. The highest BCUT2D eigenvalue weighted by Crippen LogP contribution is 2.43. The molecule has 1 aliphatic heterocycles. The maximum atomic E-state index is 12.3. The Balaban J connectivity index is 2.20. The van der Waals surface area contributed by atoms with Gasteiger partial charge in [0.1, 0.15) is 5.82 Å². The Morgan fingerprint density at radius 2 is 1.75 bits per heavy atom. The maximum absolute atomic E-state index is 12.3. The molecule has 0 spiro atoms. The second kappa shape index (κ2) is 6.23. The van der Waals surface area contributed by atoms with Crippen molar-refractivity contribution in [3.05, 3.63) is 39.9 Å². The minimum Gasteiger partial charge on any atom is -0.493 e. The number of hydrogen-bond donors (Lipinski definition) is 2. The molecular formula is C16H17N3O5. The van der Waals surface area contributed by atoms with Crippen LogP contribution in [0.15, 0.2) is 23.3 Å². The molecular weight excluding hydrogens is 314 g/mol. The standard InChI is InChI=1S/C16H17N3O5/c1-22-10-4-8(5-11(23-2)14(10)24-3)9-6-12(20)19-15-13(9)16(21)18-7-17-15/h4-5,7,9H,6H2,1-3H3,(H2,17,18,19,20,21). The molecule has 2 N–H and O–H groups in total. The molecule has 1 atom stereocenters. The number of amides is 1. The van der Waals surface area contributed by atoms with Crippen LogP contribution in [0.25, 0.3) is 0 Å². The molecule has 126 valence electrons. The summed E-state index contributed by atoms with van der Waals surface area (Å²) in [5.74, 6) is 0.969. The molecule has 8 nitrogen and oxygen atoms in total. The van der Waals surface area contributed by atoms with Crippen LogP contribution < -0.4 is 25.1 Å². The van der Waals surface area contributed by atoms with Gasteiger partial charge in [-0.15, -0.1) is 0 Å². The van der Waals surface area contributed by atoms with Crippen molar-refractivity contribution >= 4 is 11.7 Å². The van der Waals surface area contributed by atoms with E-state index in [0.29, 0.717) is 28.4 Å². The highest BCUT2D eigenvalue weighted by Gasteiger charge is 2.31. The van der Waals surface area contributed by atoms with Crippen LogP contribution in [-0.2, 0) is 4.79 Å². The molecule has 1 aliphatic rings. The molecule has 24 heavy (non-hydrogen) atoms. The van der Waals surface area contributed by atoms with Gasteiger partial charge in [-0.3, -0.25) is 9.59 Å². The lowest BCUT2D eigenvalue weighted by Gasteiger charge is -2.25. The number of ether oxygens (including phenoxy) is 3. The maximum Gasteiger partial charge on any atom is 0.256 e. The van der Waals surface area contributed by atoms with Gasteiger partial charge in [0.15, 0.2) is 11.5 Å². The topological polar surface area (TPSA) is 103 Å². The number of nitrogens with zero attached hydrogens (tertiary/aromatic N) is 1. The summed E-state index contributed by atoms with van der Waals surface area (Å²) in [4.78, 5) is 30.9. The first kappa shape index (κ1) is 15.9. The largest absolute Gasteiger partial charge is 0.493 e. The molecule has 1 amide bonds. The first-order valence-corrected chi connectivity index (χ1v) is 7.26. The van der Waals surface area contributed by atoms with Crippen LogP contribution in [0, 0.1) is 0 Å². The quantitative estimate of drug-likeness (QED) is 0.875. The van der Waals surface area contributed by atoms with Crippen molar-refractivity contribution in [2.45, 2.75) is 12.3 Å². The monoisotopic (exact) mass is 331 g/mol. The van der Waals surface area contributed by atoms with E-state index in [0.717, 1.165) is 0 Å². The van der Waals surface area contributed by atoms with E-state index < -0.39 is 5.92 Å². The Bertz CT molecular complexity index is 821. The molecule has 8 heteroatoms. The van der Waals surface area contributed by atoms with Gasteiger partial charge in [0.05, 0.1) is 33.2 Å². The molecule has 0 radical (unpaired) electrons. The van der Waals surface area contributed by atoms with Gasteiger partial charge in [-0.2, -0.15) is 0 Å².